The van der Waals surface area contributed by atoms with Crippen molar-refractivity contribution in [2.45, 2.75) is 38.4 Å². The number of nitrogens with one attached hydrogen (secondary N) is 2. The van der Waals surface area contributed by atoms with E-state index in [9.17, 15) is 27.6 Å². The van der Waals surface area contributed by atoms with Crippen LogP contribution < -0.4 is 10.2 Å². The Hall–Kier alpha value is -4.29. The molecule has 3 heterocycles. The second-order valence-electron chi connectivity index (χ2n) is 9.51. The van der Waals surface area contributed by atoms with Crippen LogP contribution in [-0.2, 0) is 4.79 Å². The highest BCUT2D eigenvalue weighted by molar-refractivity contribution is 6.23. The molecule has 0 saturated carbocycles. The number of carbonyl (C=O) groups is 3. The van der Waals surface area contributed by atoms with Gasteiger partial charge in [0.2, 0.25) is 11.7 Å². The number of halogens is 3. The molecule has 0 aliphatic carbocycles. The van der Waals surface area contributed by atoms with Crippen LogP contribution in [0.5, 0.6) is 0 Å². The lowest BCUT2D eigenvalue weighted by molar-refractivity contribution is -0.151. The van der Waals surface area contributed by atoms with Gasteiger partial charge in [-0.25, -0.2) is 0 Å². The molecule has 3 aromatic rings. The minimum Gasteiger partial charge on any atom is -0.371 e. The van der Waals surface area contributed by atoms with Crippen LogP contribution >= 0.6 is 0 Å². The predicted octanol–water partition coefficient (Wildman–Crippen LogP) is 3.66. The number of carbonyl (C=O) groups excluding carboxylic acids is 3. The molecule has 0 bridgehead atoms. The highest BCUT2D eigenvalue weighted by atomic mass is 19.4. The summed E-state index contributed by atoms with van der Waals surface area (Å²) in [5.41, 5.74) is 1.18. The van der Waals surface area contributed by atoms with Crippen molar-refractivity contribution >= 4 is 29.1 Å². The first-order chi connectivity index (χ1) is 18.1. The topological polar surface area (TPSA) is 124 Å². The van der Waals surface area contributed by atoms with Crippen molar-refractivity contribution in [1.29, 1.82) is 0 Å². The third kappa shape index (κ3) is 4.95. The van der Waals surface area contributed by atoms with Crippen molar-refractivity contribution in [3.8, 4) is 11.4 Å². The van der Waals surface area contributed by atoms with Gasteiger partial charge in [0, 0.05) is 24.3 Å². The molecule has 0 unspecified atom stereocenters. The van der Waals surface area contributed by atoms with Crippen LogP contribution in [0.3, 0.4) is 0 Å². The fourth-order valence-corrected chi connectivity index (χ4v) is 4.95. The van der Waals surface area contributed by atoms with Crippen molar-refractivity contribution < 1.29 is 27.6 Å². The number of fused-ring (bicyclic) bond motifs is 1. The van der Waals surface area contributed by atoms with Gasteiger partial charge in [0.05, 0.1) is 23.2 Å². The minimum absolute atomic E-state index is 0.0509. The van der Waals surface area contributed by atoms with Crippen LogP contribution in [0.2, 0.25) is 0 Å². The fraction of sp³-hybridized carbons (Fsp3) is 0.360. The number of hydrogen-bond donors (Lipinski definition) is 2. The summed E-state index contributed by atoms with van der Waals surface area (Å²) in [4.78, 5) is 41.7. The van der Waals surface area contributed by atoms with E-state index in [4.69, 9.17) is 0 Å². The molecule has 0 spiro atoms. The van der Waals surface area contributed by atoms with E-state index < -0.39 is 36.4 Å². The number of rotatable bonds is 6. The Labute approximate surface area is 215 Å². The molecule has 1 saturated heterocycles. The largest absolute Gasteiger partial charge is 0.391 e. The number of hydrogen-bond acceptors (Lipinski definition) is 7. The van der Waals surface area contributed by atoms with Gasteiger partial charge in [-0.3, -0.25) is 19.3 Å². The summed E-state index contributed by atoms with van der Waals surface area (Å²) < 4.78 is 40.7. The smallest absolute Gasteiger partial charge is 0.371 e. The summed E-state index contributed by atoms with van der Waals surface area (Å²) in [6.45, 7) is 3.81. The Morgan fingerprint density at radius 1 is 1.13 bits per heavy atom. The Kier molecular flexibility index (Phi) is 6.59. The number of nitrogens with zero attached hydrogens (tertiary/aromatic N) is 5. The number of piperidine rings is 1. The van der Waals surface area contributed by atoms with Crippen LogP contribution in [0.1, 0.15) is 46.9 Å². The van der Waals surface area contributed by atoms with Gasteiger partial charge < -0.3 is 10.2 Å². The Morgan fingerprint density at radius 2 is 1.84 bits per heavy atom. The average Bonchev–Trinajstić information content (AvgIpc) is 3.50. The highest BCUT2D eigenvalue weighted by Crippen LogP contribution is 2.34. The van der Waals surface area contributed by atoms with Gasteiger partial charge in [-0.1, -0.05) is 19.1 Å². The Morgan fingerprint density at radius 3 is 2.45 bits per heavy atom. The monoisotopic (exact) mass is 527 g/mol. The zero-order chi connectivity index (χ0) is 27.0. The summed E-state index contributed by atoms with van der Waals surface area (Å²) >= 11 is 0. The summed E-state index contributed by atoms with van der Waals surface area (Å²) in [5.74, 6) is -2.47. The summed E-state index contributed by atoms with van der Waals surface area (Å²) in [5, 5.41) is 16.3. The van der Waals surface area contributed by atoms with Crippen molar-refractivity contribution in [1.82, 2.24) is 25.5 Å². The normalized spacial score (nSPS) is 18.5. The van der Waals surface area contributed by atoms with E-state index in [0.717, 1.165) is 31.6 Å². The lowest BCUT2D eigenvalue weighted by Gasteiger charge is -2.33. The van der Waals surface area contributed by atoms with E-state index >= 15 is 0 Å². The lowest BCUT2D eigenvalue weighted by atomic mass is 9.99. The molecule has 1 aromatic heterocycles. The van der Waals surface area contributed by atoms with E-state index in [2.05, 4.69) is 37.8 Å². The van der Waals surface area contributed by atoms with E-state index in [1.54, 1.807) is 18.2 Å². The second-order valence-corrected chi connectivity index (χ2v) is 9.51. The second kappa shape index (κ2) is 9.88. The van der Waals surface area contributed by atoms with Gasteiger partial charge in [0.15, 0.2) is 0 Å². The Bertz CT molecular complexity index is 1340. The van der Waals surface area contributed by atoms with E-state index in [1.807, 2.05) is 0 Å². The maximum Gasteiger partial charge on any atom is 0.391 e. The molecular weight excluding hydrogens is 503 g/mol. The van der Waals surface area contributed by atoms with Crippen LogP contribution in [0, 0.1) is 5.92 Å². The average molecular weight is 528 g/mol. The summed E-state index contributed by atoms with van der Waals surface area (Å²) in [6, 6.07) is 8.58. The molecule has 0 radical (unpaired) electrons. The maximum atomic E-state index is 13.6. The molecule has 2 N–H and O–H groups in total. The SMILES string of the molecule is C[C@@H]1CCCN(c2ccc(NC(=O)[C@H](CC(F)(F)F)N3C(=O)c4ccccc4C3=O)c(-c3nn[nH]n3)c2)C1. The highest BCUT2D eigenvalue weighted by Gasteiger charge is 2.47. The van der Waals surface area contributed by atoms with Gasteiger partial charge in [-0.15, -0.1) is 10.2 Å². The molecular formula is C25H24F3N7O3. The number of aromatic amines is 1. The molecule has 10 nitrogen and oxygen atoms in total. The van der Waals surface area contributed by atoms with Gasteiger partial charge in [-0.05, 0) is 54.3 Å². The van der Waals surface area contributed by atoms with E-state index in [-0.39, 0.29) is 22.6 Å². The molecule has 198 valence electrons. The minimum atomic E-state index is -4.83. The van der Waals surface area contributed by atoms with Gasteiger partial charge in [0.1, 0.15) is 6.04 Å². The maximum absolute atomic E-state index is 13.6. The number of H-pyrrole nitrogens is 1. The van der Waals surface area contributed by atoms with Crippen molar-refractivity contribution in [2.75, 3.05) is 23.3 Å². The van der Waals surface area contributed by atoms with Crippen molar-refractivity contribution in [3.05, 3.63) is 53.6 Å². The van der Waals surface area contributed by atoms with E-state index in [1.165, 1.54) is 24.3 Å². The number of tetrazole rings is 1. The number of imide groups is 1. The number of aromatic nitrogens is 4. The Balaban J connectivity index is 1.48. The zero-order valence-corrected chi connectivity index (χ0v) is 20.3. The number of anilines is 2. The molecule has 2 aliphatic heterocycles. The van der Waals surface area contributed by atoms with Crippen molar-refractivity contribution in [3.63, 3.8) is 0 Å². The predicted molar refractivity (Wildman–Crippen MR) is 130 cm³/mol. The van der Waals surface area contributed by atoms with Crippen LogP contribution in [0.4, 0.5) is 24.5 Å². The molecule has 13 heteroatoms. The first kappa shape index (κ1) is 25.4. The molecule has 3 amide bonds. The molecule has 2 aromatic carbocycles. The number of benzene rings is 2. The summed E-state index contributed by atoms with van der Waals surface area (Å²) in [6.07, 6.45) is -4.41. The lowest BCUT2D eigenvalue weighted by Crippen LogP contribution is -2.49. The van der Waals surface area contributed by atoms with Gasteiger partial charge in [-0.2, -0.15) is 18.4 Å². The fourth-order valence-electron chi connectivity index (χ4n) is 4.95. The molecule has 5 rings (SSSR count). The number of alkyl halides is 3. The van der Waals surface area contributed by atoms with Gasteiger partial charge >= 0.3 is 6.18 Å². The standard InChI is InChI=1S/C25H24F3N7O3/c1-14-5-4-10-34(13-14)15-8-9-19(18(11-15)21-30-32-33-31-21)29-22(36)20(12-25(26,27)28)35-23(37)16-6-2-3-7-17(16)24(35)38/h2-3,6-9,11,14,20H,4-5,10,12-13H2,1H3,(H,29,36)(H,30,31,32,33)/t14-,20+/m1/s1. The first-order valence-electron chi connectivity index (χ1n) is 12.1. The first-order valence-corrected chi connectivity index (χ1v) is 12.1. The van der Waals surface area contributed by atoms with Crippen LogP contribution in [0.15, 0.2) is 42.5 Å². The van der Waals surface area contributed by atoms with Crippen LogP contribution in [0.25, 0.3) is 11.4 Å². The van der Waals surface area contributed by atoms with Gasteiger partial charge in [0.25, 0.3) is 11.8 Å². The molecule has 1 fully saturated rings. The quantitative estimate of drug-likeness (QED) is 0.469. The van der Waals surface area contributed by atoms with Crippen molar-refractivity contribution in [2.24, 2.45) is 5.92 Å². The number of amides is 3. The third-order valence-electron chi connectivity index (χ3n) is 6.73. The summed E-state index contributed by atoms with van der Waals surface area (Å²) in [7, 11) is 0. The molecule has 2 atom stereocenters. The molecule has 2 aliphatic rings. The zero-order valence-electron chi connectivity index (χ0n) is 20.3. The van der Waals surface area contributed by atoms with Crippen LogP contribution in [-0.4, -0.2) is 68.6 Å². The molecule has 38 heavy (non-hydrogen) atoms. The van der Waals surface area contributed by atoms with E-state index in [0.29, 0.717) is 16.4 Å². The third-order valence-corrected chi connectivity index (χ3v) is 6.73.